The molecule has 5 nitrogen and oxygen atoms in total. The molecule has 3 aromatic rings. The van der Waals surface area contributed by atoms with Crippen LogP contribution in [0.25, 0.3) is 17.0 Å². The fourth-order valence-electron chi connectivity index (χ4n) is 3.63. The largest absolute Gasteiger partial charge is 0.339 e. The van der Waals surface area contributed by atoms with Gasteiger partial charge in [0.2, 0.25) is 11.7 Å². The van der Waals surface area contributed by atoms with Crippen LogP contribution in [0, 0.1) is 5.82 Å². The number of hydrogen-bond acceptors (Lipinski definition) is 3. The minimum Gasteiger partial charge on any atom is -0.339 e. The molecule has 6 heteroatoms. The third-order valence-corrected chi connectivity index (χ3v) is 4.90. The maximum absolute atomic E-state index is 13.3. The number of imidazole rings is 1. The van der Waals surface area contributed by atoms with Gasteiger partial charge >= 0.3 is 0 Å². The fourth-order valence-corrected chi connectivity index (χ4v) is 3.63. The van der Waals surface area contributed by atoms with Gasteiger partial charge < -0.3 is 4.90 Å². The van der Waals surface area contributed by atoms with E-state index in [1.807, 2.05) is 15.4 Å². The highest BCUT2D eigenvalue weighted by Crippen LogP contribution is 2.30. The molecule has 1 fully saturated rings. The lowest BCUT2D eigenvalue weighted by atomic mass is 9.94. The number of amides is 1. The normalized spacial score (nSPS) is 17.4. The van der Waals surface area contributed by atoms with Crippen molar-refractivity contribution in [3.8, 4) is 11.3 Å². The van der Waals surface area contributed by atoms with E-state index in [-0.39, 0.29) is 17.6 Å². The van der Waals surface area contributed by atoms with Gasteiger partial charge in [-0.1, -0.05) is 6.58 Å². The number of fused-ring (bicyclic) bond motifs is 1. The highest BCUT2D eigenvalue weighted by atomic mass is 19.1. The summed E-state index contributed by atoms with van der Waals surface area (Å²) in [5.41, 5.74) is 2.81. The Morgan fingerprint density at radius 2 is 2.04 bits per heavy atom. The molecule has 3 heterocycles. The monoisotopic (exact) mass is 350 g/mol. The molecule has 0 bridgehead atoms. The second-order valence-electron chi connectivity index (χ2n) is 6.48. The zero-order valence-electron chi connectivity index (χ0n) is 14.3. The van der Waals surface area contributed by atoms with Crippen molar-refractivity contribution in [2.24, 2.45) is 0 Å². The molecule has 1 aromatic carbocycles. The van der Waals surface area contributed by atoms with Crippen molar-refractivity contribution in [3.63, 3.8) is 0 Å². The van der Waals surface area contributed by atoms with Crippen molar-refractivity contribution >= 4 is 11.7 Å². The van der Waals surface area contributed by atoms with E-state index in [1.165, 1.54) is 18.2 Å². The summed E-state index contributed by atoms with van der Waals surface area (Å²) in [6, 6.07) is 8.34. The number of likely N-dealkylation sites (tertiary alicyclic amines) is 1. The maximum Gasteiger partial charge on any atom is 0.245 e. The minimum absolute atomic E-state index is 0.0376. The van der Waals surface area contributed by atoms with Gasteiger partial charge in [0.05, 0.1) is 11.9 Å². The average Bonchev–Trinajstić information content (AvgIpc) is 3.12. The molecule has 2 aromatic heterocycles. The van der Waals surface area contributed by atoms with E-state index < -0.39 is 0 Å². The second kappa shape index (κ2) is 6.71. The Bertz CT molecular complexity index is 964. The highest BCUT2D eigenvalue weighted by molar-refractivity contribution is 5.87. The van der Waals surface area contributed by atoms with Crippen molar-refractivity contribution in [3.05, 3.63) is 66.9 Å². The number of nitrogens with zero attached hydrogens (tertiary/aromatic N) is 4. The van der Waals surface area contributed by atoms with Crippen molar-refractivity contribution in [1.29, 1.82) is 0 Å². The molecule has 1 amide bonds. The van der Waals surface area contributed by atoms with Crippen LogP contribution in [0.5, 0.6) is 0 Å². The number of halogens is 1. The smallest absolute Gasteiger partial charge is 0.245 e. The lowest BCUT2D eigenvalue weighted by Crippen LogP contribution is -2.38. The molecule has 1 saturated heterocycles. The Balaban J connectivity index is 1.78. The summed E-state index contributed by atoms with van der Waals surface area (Å²) in [6.07, 6.45) is 6.80. The van der Waals surface area contributed by atoms with Crippen molar-refractivity contribution in [2.45, 2.75) is 18.8 Å². The number of hydrogen-bond donors (Lipinski definition) is 0. The summed E-state index contributed by atoms with van der Waals surface area (Å²) in [4.78, 5) is 22.6. The highest BCUT2D eigenvalue weighted by Gasteiger charge is 2.26. The van der Waals surface area contributed by atoms with Crippen LogP contribution in [0.3, 0.4) is 0 Å². The molecule has 132 valence electrons. The standard InChI is InChI=1S/C20H19FN4O/c1-2-19(26)24-11-3-4-15(13-24)17-9-10-22-20-23-12-18(25(17)20)14-5-7-16(21)8-6-14/h2,5-10,12,15H,1,3-4,11,13H2. The van der Waals surface area contributed by atoms with Crippen molar-refractivity contribution in [1.82, 2.24) is 19.3 Å². The lowest BCUT2D eigenvalue weighted by Gasteiger charge is -2.32. The summed E-state index contributed by atoms with van der Waals surface area (Å²) in [6.45, 7) is 4.99. The number of rotatable bonds is 3. The molecular weight excluding hydrogens is 331 g/mol. The van der Waals surface area contributed by atoms with E-state index in [0.29, 0.717) is 12.3 Å². The first-order valence-electron chi connectivity index (χ1n) is 8.67. The van der Waals surface area contributed by atoms with E-state index in [9.17, 15) is 9.18 Å². The number of carbonyl (C=O) groups excluding carboxylic acids is 1. The van der Waals surface area contributed by atoms with E-state index in [4.69, 9.17) is 0 Å². The molecule has 0 radical (unpaired) electrons. The molecule has 26 heavy (non-hydrogen) atoms. The van der Waals surface area contributed by atoms with Crippen LogP contribution in [0.1, 0.15) is 24.5 Å². The first-order chi connectivity index (χ1) is 12.7. The van der Waals surface area contributed by atoms with Crippen molar-refractivity contribution < 1.29 is 9.18 Å². The van der Waals surface area contributed by atoms with Crippen LogP contribution in [0.2, 0.25) is 0 Å². The van der Waals surface area contributed by atoms with E-state index in [1.54, 1.807) is 24.5 Å². The van der Waals surface area contributed by atoms with E-state index in [2.05, 4.69) is 16.5 Å². The number of aromatic nitrogens is 3. The van der Waals surface area contributed by atoms with Gasteiger partial charge in [0.25, 0.3) is 0 Å². The van der Waals surface area contributed by atoms with Crippen LogP contribution < -0.4 is 0 Å². The van der Waals surface area contributed by atoms with Gasteiger partial charge in [0, 0.05) is 36.5 Å². The van der Waals surface area contributed by atoms with Gasteiger partial charge in [0.1, 0.15) is 5.82 Å². The summed E-state index contributed by atoms with van der Waals surface area (Å²) in [5, 5.41) is 0. The molecule has 1 atom stereocenters. The Morgan fingerprint density at radius 1 is 1.23 bits per heavy atom. The van der Waals surface area contributed by atoms with Crippen LogP contribution in [-0.4, -0.2) is 38.3 Å². The zero-order valence-corrected chi connectivity index (χ0v) is 14.3. The Hall–Kier alpha value is -3.02. The first kappa shape index (κ1) is 16.4. The molecular formula is C20H19FN4O. The molecule has 0 saturated carbocycles. The molecule has 1 aliphatic rings. The van der Waals surface area contributed by atoms with Crippen LogP contribution >= 0.6 is 0 Å². The van der Waals surface area contributed by atoms with Crippen LogP contribution in [-0.2, 0) is 4.79 Å². The third kappa shape index (κ3) is 2.87. The summed E-state index contributed by atoms with van der Waals surface area (Å²) in [7, 11) is 0. The SMILES string of the molecule is C=CC(=O)N1CCCC(c2ccnc3ncc(-c4ccc(F)cc4)n23)C1. The topological polar surface area (TPSA) is 50.5 Å². The summed E-state index contributed by atoms with van der Waals surface area (Å²) >= 11 is 0. The number of carbonyl (C=O) groups is 1. The van der Waals surface area contributed by atoms with Gasteiger partial charge in [-0.15, -0.1) is 0 Å². The van der Waals surface area contributed by atoms with Gasteiger partial charge in [-0.2, -0.15) is 0 Å². The molecule has 1 aliphatic heterocycles. The first-order valence-corrected chi connectivity index (χ1v) is 8.67. The Labute approximate surface area is 150 Å². The van der Waals surface area contributed by atoms with Gasteiger partial charge in [0.15, 0.2) is 0 Å². The molecule has 0 aliphatic carbocycles. The van der Waals surface area contributed by atoms with E-state index in [0.717, 1.165) is 36.3 Å². The third-order valence-electron chi connectivity index (χ3n) is 4.90. The minimum atomic E-state index is -0.272. The van der Waals surface area contributed by atoms with E-state index >= 15 is 0 Å². The fraction of sp³-hybridized carbons (Fsp3) is 0.250. The molecule has 1 unspecified atom stereocenters. The van der Waals surface area contributed by atoms with Gasteiger partial charge in [-0.3, -0.25) is 9.20 Å². The summed E-state index contributed by atoms with van der Waals surface area (Å²) in [5.74, 6) is 0.483. The molecule has 0 spiro atoms. The number of benzene rings is 1. The predicted octanol–water partition coefficient (Wildman–Crippen LogP) is 3.43. The number of piperidine rings is 1. The zero-order chi connectivity index (χ0) is 18.1. The van der Waals surface area contributed by atoms with Crippen LogP contribution in [0.4, 0.5) is 4.39 Å². The molecule has 0 N–H and O–H groups in total. The Kier molecular flexibility index (Phi) is 4.24. The molecule has 4 rings (SSSR count). The van der Waals surface area contributed by atoms with Crippen molar-refractivity contribution in [2.75, 3.05) is 13.1 Å². The summed E-state index contributed by atoms with van der Waals surface area (Å²) < 4.78 is 15.3. The van der Waals surface area contributed by atoms with Gasteiger partial charge in [-0.05, 0) is 49.2 Å². The second-order valence-corrected chi connectivity index (χ2v) is 6.48. The average molecular weight is 350 g/mol. The Morgan fingerprint density at radius 3 is 2.81 bits per heavy atom. The lowest BCUT2D eigenvalue weighted by molar-refractivity contribution is -0.127. The maximum atomic E-state index is 13.3. The van der Waals surface area contributed by atoms with Gasteiger partial charge in [-0.25, -0.2) is 14.4 Å². The predicted molar refractivity (Wildman–Crippen MR) is 97.1 cm³/mol. The quantitative estimate of drug-likeness (QED) is 0.680. The van der Waals surface area contributed by atoms with Crippen LogP contribution in [0.15, 0.2) is 55.4 Å².